The molecule has 0 fully saturated rings. The first-order valence-electron chi connectivity index (χ1n) is 8.98. The fourth-order valence-electron chi connectivity index (χ4n) is 3.36. The van der Waals surface area contributed by atoms with E-state index in [2.05, 4.69) is 5.32 Å². The number of hydrogen-bond donors (Lipinski definition) is 1. The molecule has 0 saturated heterocycles. The second-order valence-electron chi connectivity index (χ2n) is 6.54. The fraction of sp³-hybridized carbons (Fsp3) is 0.174. The Morgan fingerprint density at radius 3 is 2.33 bits per heavy atom. The number of benzene rings is 3. The minimum absolute atomic E-state index is 0.115. The lowest BCUT2D eigenvalue weighted by molar-refractivity contribution is -0.127. The molecule has 0 radical (unpaired) electrons. The Morgan fingerprint density at radius 2 is 1.63 bits per heavy atom. The number of hydrogen-bond acceptors (Lipinski definition) is 3. The summed E-state index contributed by atoms with van der Waals surface area (Å²) in [4.78, 5) is 12.9. The molecule has 3 aromatic rings. The van der Waals surface area contributed by atoms with Gasteiger partial charge in [-0.25, -0.2) is 0 Å². The van der Waals surface area contributed by atoms with Gasteiger partial charge < -0.3 is 14.8 Å². The number of fused-ring (bicyclic) bond motifs is 1. The Kier molecular flexibility index (Phi) is 4.79. The number of rotatable bonds is 5. The topological polar surface area (TPSA) is 47.6 Å². The fourth-order valence-corrected chi connectivity index (χ4v) is 3.36. The van der Waals surface area contributed by atoms with Gasteiger partial charge in [-0.05, 0) is 34.9 Å². The summed E-state index contributed by atoms with van der Waals surface area (Å²) in [6.45, 7) is 0. The molecule has 2 atom stereocenters. The first kappa shape index (κ1) is 17.2. The van der Waals surface area contributed by atoms with Crippen molar-refractivity contribution in [2.24, 2.45) is 0 Å². The number of para-hydroxylation sites is 1. The van der Waals surface area contributed by atoms with Crippen LogP contribution in [0.1, 0.15) is 22.7 Å². The number of amides is 1. The van der Waals surface area contributed by atoms with E-state index in [4.69, 9.17) is 9.47 Å². The van der Waals surface area contributed by atoms with Crippen LogP contribution in [0.4, 0.5) is 0 Å². The van der Waals surface area contributed by atoms with Crippen molar-refractivity contribution in [2.75, 3.05) is 7.11 Å². The van der Waals surface area contributed by atoms with Crippen molar-refractivity contribution in [1.29, 1.82) is 0 Å². The second kappa shape index (κ2) is 7.54. The highest BCUT2D eigenvalue weighted by molar-refractivity contribution is 5.83. The molecule has 0 spiro atoms. The predicted molar refractivity (Wildman–Crippen MR) is 104 cm³/mol. The van der Waals surface area contributed by atoms with Crippen LogP contribution in [0.25, 0.3) is 0 Å². The Balaban J connectivity index is 1.57. The molecule has 27 heavy (non-hydrogen) atoms. The summed E-state index contributed by atoms with van der Waals surface area (Å²) in [5, 5.41) is 3.16. The Morgan fingerprint density at radius 1 is 0.963 bits per heavy atom. The molecule has 1 aliphatic rings. The SMILES string of the molecule is COc1ccc(C(NC(=O)C2Cc3ccccc3O2)c2ccccc2)cc1. The van der Waals surface area contributed by atoms with Crippen LogP contribution in [0.2, 0.25) is 0 Å². The number of nitrogens with one attached hydrogen (secondary N) is 1. The van der Waals surface area contributed by atoms with Crippen molar-refractivity contribution in [2.45, 2.75) is 18.6 Å². The minimum atomic E-state index is -0.508. The zero-order chi connectivity index (χ0) is 18.6. The zero-order valence-corrected chi connectivity index (χ0v) is 15.1. The smallest absolute Gasteiger partial charge is 0.262 e. The summed E-state index contributed by atoms with van der Waals surface area (Å²) >= 11 is 0. The van der Waals surface area contributed by atoms with Crippen molar-refractivity contribution in [3.63, 3.8) is 0 Å². The molecular weight excluding hydrogens is 338 g/mol. The molecule has 0 bridgehead atoms. The molecule has 1 aliphatic heterocycles. The van der Waals surface area contributed by atoms with Crippen molar-refractivity contribution in [3.05, 3.63) is 95.6 Å². The van der Waals surface area contributed by atoms with Gasteiger partial charge in [-0.15, -0.1) is 0 Å². The molecule has 4 rings (SSSR count). The van der Waals surface area contributed by atoms with Gasteiger partial charge in [0.2, 0.25) is 0 Å². The summed E-state index contributed by atoms with van der Waals surface area (Å²) in [5.41, 5.74) is 3.08. The van der Waals surface area contributed by atoms with Gasteiger partial charge in [-0.3, -0.25) is 4.79 Å². The molecular formula is C23H21NO3. The van der Waals surface area contributed by atoms with E-state index in [0.29, 0.717) is 6.42 Å². The van der Waals surface area contributed by atoms with Gasteiger partial charge in [0.15, 0.2) is 6.10 Å². The zero-order valence-electron chi connectivity index (χ0n) is 15.1. The Bertz CT molecular complexity index is 897. The molecule has 0 aliphatic carbocycles. The van der Waals surface area contributed by atoms with Gasteiger partial charge in [0.1, 0.15) is 11.5 Å². The normalized spacial score (nSPS) is 16.1. The lowest BCUT2D eigenvalue weighted by Gasteiger charge is -2.22. The van der Waals surface area contributed by atoms with E-state index >= 15 is 0 Å². The van der Waals surface area contributed by atoms with E-state index in [1.165, 1.54) is 0 Å². The van der Waals surface area contributed by atoms with Gasteiger partial charge in [-0.2, -0.15) is 0 Å². The summed E-state index contributed by atoms with van der Waals surface area (Å²) in [7, 11) is 1.64. The van der Waals surface area contributed by atoms with Gasteiger partial charge in [-0.1, -0.05) is 60.7 Å². The number of ether oxygens (including phenoxy) is 2. The molecule has 1 amide bonds. The monoisotopic (exact) mass is 359 g/mol. The van der Waals surface area contributed by atoms with Crippen LogP contribution >= 0.6 is 0 Å². The van der Waals surface area contributed by atoms with Gasteiger partial charge >= 0.3 is 0 Å². The number of carbonyl (C=O) groups excluding carboxylic acids is 1. The third-order valence-electron chi connectivity index (χ3n) is 4.81. The predicted octanol–water partition coefficient (Wildman–Crippen LogP) is 3.90. The second-order valence-corrected chi connectivity index (χ2v) is 6.54. The average Bonchev–Trinajstić information content (AvgIpc) is 3.17. The average molecular weight is 359 g/mol. The van der Waals surface area contributed by atoms with Crippen molar-refractivity contribution in [1.82, 2.24) is 5.32 Å². The maximum absolute atomic E-state index is 12.9. The summed E-state index contributed by atoms with van der Waals surface area (Å²) in [6.07, 6.45) is 0.0819. The van der Waals surface area contributed by atoms with Crippen LogP contribution < -0.4 is 14.8 Å². The van der Waals surface area contributed by atoms with E-state index in [0.717, 1.165) is 28.2 Å². The number of methoxy groups -OCH3 is 1. The molecule has 4 nitrogen and oxygen atoms in total. The van der Waals surface area contributed by atoms with Gasteiger partial charge in [0.05, 0.1) is 13.2 Å². The van der Waals surface area contributed by atoms with Crippen LogP contribution in [0.3, 0.4) is 0 Å². The Labute approximate surface area is 158 Å². The van der Waals surface area contributed by atoms with Gasteiger partial charge in [0, 0.05) is 6.42 Å². The quantitative estimate of drug-likeness (QED) is 0.751. The van der Waals surface area contributed by atoms with E-state index in [1.54, 1.807) is 7.11 Å². The van der Waals surface area contributed by atoms with E-state index in [1.807, 2.05) is 78.9 Å². The standard InChI is InChI=1S/C23H21NO3/c1-26-19-13-11-17(12-14-19)22(16-7-3-2-4-8-16)24-23(25)21-15-18-9-5-6-10-20(18)27-21/h2-14,21-22H,15H2,1H3,(H,24,25). The first-order valence-corrected chi connectivity index (χ1v) is 8.98. The molecule has 0 aromatic heterocycles. The maximum atomic E-state index is 12.9. The third-order valence-corrected chi connectivity index (χ3v) is 4.81. The van der Waals surface area contributed by atoms with Crippen LogP contribution in [0, 0.1) is 0 Å². The van der Waals surface area contributed by atoms with E-state index in [9.17, 15) is 4.79 Å². The van der Waals surface area contributed by atoms with Crippen LogP contribution in [0.15, 0.2) is 78.9 Å². The lowest BCUT2D eigenvalue weighted by atomic mass is 9.98. The molecule has 0 saturated carbocycles. The molecule has 1 heterocycles. The highest BCUT2D eigenvalue weighted by atomic mass is 16.5. The first-order chi connectivity index (χ1) is 13.2. The largest absolute Gasteiger partial charge is 0.497 e. The Hall–Kier alpha value is -3.27. The van der Waals surface area contributed by atoms with Gasteiger partial charge in [0.25, 0.3) is 5.91 Å². The lowest BCUT2D eigenvalue weighted by Crippen LogP contribution is -2.40. The van der Waals surface area contributed by atoms with Crippen molar-refractivity contribution in [3.8, 4) is 11.5 Å². The summed E-state index contributed by atoms with van der Waals surface area (Å²) in [5.74, 6) is 1.46. The minimum Gasteiger partial charge on any atom is -0.497 e. The molecule has 4 heteroatoms. The van der Waals surface area contributed by atoms with Crippen LogP contribution in [-0.2, 0) is 11.2 Å². The molecule has 3 aromatic carbocycles. The molecule has 136 valence electrons. The van der Waals surface area contributed by atoms with Crippen LogP contribution in [0.5, 0.6) is 11.5 Å². The van der Waals surface area contributed by atoms with Crippen molar-refractivity contribution >= 4 is 5.91 Å². The summed E-state index contributed by atoms with van der Waals surface area (Å²) in [6, 6.07) is 25.2. The third kappa shape index (κ3) is 3.65. The maximum Gasteiger partial charge on any atom is 0.262 e. The van der Waals surface area contributed by atoms with Crippen molar-refractivity contribution < 1.29 is 14.3 Å². The number of carbonyl (C=O) groups is 1. The molecule has 2 unspecified atom stereocenters. The van der Waals surface area contributed by atoms with E-state index < -0.39 is 6.10 Å². The molecule has 1 N–H and O–H groups in total. The van der Waals surface area contributed by atoms with Crippen LogP contribution in [-0.4, -0.2) is 19.1 Å². The highest BCUT2D eigenvalue weighted by Crippen LogP contribution is 2.29. The summed E-state index contributed by atoms with van der Waals surface area (Å²) < 4.78 is 11.1. The highest BCUT2D eigenvalue weighted by Gasteiger charge is 2.30. The van der Waals surface area contributed by atoms with E-state index in [-0.39, 0.29) is 11.9 Å².